The van der Waals surface area contributed by atoms with E-state index in [1.54, 1.807) is 23.8 Å². The van der Waals surface area contributed by atoms with Gasteiger partial charge in [-0.1, -0.05) is 0 Å². The van der Waals surface area contributed by atoms with Gasteiger partial charge in [0.05, 0.1) is 6.10 Å². The lowest BCUT2D eigenvalue weighted by molar-refractivity contribution is 0.199. The molecule has 6 nitrogen and oxygen atoms in total. The van der Waals surface area contributed by atoms with Crippen molar-refractivity contribution >= 4 is 11.8 Å². The summed E-state index contributed by atoms with van der Waals surface area (Å²) < 4.78 is 1.68. The van der Waals surface area contributed by atoms with Gasteiger partial charge >= 0.3 is 5.69 Å². The van der Waals surface area contributed by atoms with Crippen LogP contribution in [0.15, 0.2) is 33.3 Å². The van der Waals surface area contributed by atoms with Crippen LogP contribution in [0.5, 0.6) is 0 Å². The highest BCUT2D eigenvalue weighted by molar-refractivity contribution is 7.99. The van der Waals surface area contributed by atoms with Crippen molar-refractivity contribution in [1.82, 2.24) is 19.7 Å². The molecule has 0 aliphatic heterocycles. The minimum Gasteiger partial charge on any atom is -0.389 e. The predicted octanol–water partition coefficient (Wildman–Crippen LogP) is 1.51. The number of nitrogens with zero attached hydrogens (tertiary/aromatic N) is 3. The summed E-state index contributed by atoms with van der Waals surface area (Å²) in [7, 11) is 0. The second-order valence-corrected chi connectivity index (χ2v) is 5.61. The largest absolute Gasteiger partial charge is 0.389 e. The van der Waals surface area contributed by atoms with E-state index in [4.69, 9.17) is 0 Å². The van der Waals surface area contributed by atoms with Crippen molar-refractivity contribution in [2.24, 2.45) is 0 Å². The minimum absolute atomic E-state index is 0.170. The highest BCUT2D eigenvalue weighted by atomic mass is 32.2. The maximum Gasteiger partial charge on any atom is 0.344 e. The monoisotopic (exact) mass is 278 g/mol. The molecule has 1 fully saturated rings. The fourth-order valence-electron chi connectivity index (χ4n) is 1.85. The van der Waals surface area contributed by atoms with E-state index in [9.17, 15) is 9.90 Å². The van der Waals surface area contributed by atoms with Gasteiger partial charge in [0, 0.05) is 12.2 Å². The molecule has 0 radical (unpaired) electrons. The van der Waals surface area contributed by atoms with Gasteiger partial charge in [-0.3, -0.25) is 4.57 Å². The first-order valence-electron chi connectivity index (χ1n) is 6.14. The summed E-state index contributed by atoms with van der Waals surface area (Å²) in [5, 5.41) is 17.4. The van der Waals surface area contributed by atoms with Crippen LogP contribution >= 0.6 is 11.8 Å². The van der Waals surface area contributed by atoms with Crippen LogP contribution < -0.4 is 5.69 Å². The van der Waals surface area contributed by atoms with Crippen molar-refractivity contribution in [2.45, 2.75) is 42.1 Å². The summed E-state index contributed by atoms with van der Waals surface area (Å²) in [4.78, 5) is 15.9. The molecule has 0 unspecified atom stereocenters. The van der Waals surface area contributed by atoms with Crippen LogP contribution in [-0.4, -0.2) is 24.9 Å². The zero-order chi connectivity index (χ0) is 13.4. The molecular weight excluding hydrogens is 264 g/mol. The molecule has 100 valence electrons. The second-order valence-electron chi connectivity index (χ2n) is 4.62. The number of nitrogens with one attached hydrogen (secondary N) is 1. The van der Waals surface area contributed by atoms with Gasteiger partial charge < -0.3 is 5.11 Å². The average Bonchev–Trinajstić information content (AvgIpc) is 3.15. The van der Waals surface area contributed by atoms with Gasteiger partial charge in [0.2, 0.25) is 0 Å². The summed E-state index contributed by atoms with van der Waals surface area (Å²) in [6.45, 7) is 1.71. The van der Waals surface area contributed by atoms with Gasteiger partial charge in [-0.15, -0.1) is 5.10 Å². The summed E-state index contributed by atoms with van der Waals surface area (Å²) in [5.74, 6) is 0. The maximum atomic E-state index is 11.7. The van der Waals surface area contributed by atoms with Gasteiger partial charge in [0.25, 0.3) is 0 Å². The molecular formula is C12H14N4O2S. The summed E-state index contributed by atoms with van der Waals surface area (Å²) in [6.07, 6.45) is 3.16. The van der Waals surface area contributed by atoms with E-state index in [0.717, 1.165) is 23.4 Å². The molecule has 2 N–H and O–H groups in total. The molecule has 19 heavy (non-hydrogen) atoms. The van der Waals surface area contributed by atoms with Crippen molar-refractivity contribution in [3.63, 3.8) is 0 Å². The van der Waals surface area contributed by atoms with Crippen LogP contribution in [0.25, 0.3) is 0 Å². The zero-order valence-electron chi connectivity index (χ0n) is 10.4. The lowest BCUT2D eigenvalue weighted by atomic mass is 10.2. The van der Waals surface area contributed by atoms with Gasteiger partial charge in [-0.2, -0.15) is 0 Å². The normalized spacial score (nSPS) is 16.5. The van der Waals surface area contributed by atoms with Crippen molar-refractivity contribution in [1.29, 1.82) is 0 Å². The molecule has 1 aliphatic rings. The van der Waals surface area contributed by atoms with E-state index < -0.39 is 6.10 Å². The molecule has 0 bridgehead atoms. The quantitative estimate of drug-likeness (QED) is 0.885. The zero-order valence-corrected chi connectivity index (χ0v) is 11.2. The number of aromatic amines is 1. The third kappa shape index (κ3) is 2.57. The molecule has 0 spiro atoms. The fraction of sp³-hybridized carbons (Fsp3) is 0.417. The van der Waals surface area contributed by atoms with Crippen LogP contribution in [0.3, 0.4) is 0 Å². The van der Waals surface area contributed by atoms with Gasteiger partial charge in [0.1, 0.15) is 5.03 Å². The van der Waals surface area contributed by atoms with Gasteiger partial charge in [-0.05, 0) is 49.2 Å². The standard InChI is InChI=1S/C12H14N4O2S/c1-7(17)8-4-5-13-10(6-8)19-12-15-14-11(18)16(12)9-2-3-9/h4-7,9,17H,2-3H2,1H3,(H,14,18)/t7-/m0/s1. The highest BCUT2D eigenvalue weighted by Gasteiger charge is 2.28. The third-order valence-electron chi connectivity index (χ3n) is 3.02. The number of aliphatic hydroxyl groups excluding tert-OH is 1. The first-order valence-corrected chi connectivity index (χ1v) is 6.95. The van der Waals surface area contributed by atoms with E-state index in [-0.39, 0.29) is 11.7 Å². The number of hydrogen-bond acceptors (Lipinski definition) is 5. The smallest absolute Gasteiger partial charge is 0.344 e. The van der Waals surface area contributed by atoms with Gasteiger partial charge in [-0.25, -0.2) is 14.9 Å². The van der Waals surface area contributed by atoms with Gasteiger partial charge in [0.15, 0.2) is 5.16 Å². The van der Waals surface area contributed by atoms with E-state index in [0.29, 0.717) is 5.16 Å². The Bertz CT molecular complexity index is 645. The lowest BCUT2D eigenvalue weighted by Crippen LogP contribution is -2.16. The molecule has 7 heteroatoms. The summed E-state index contributed by atoms with van der Waals surface area (Å²) in [5.41, 5.74) is 0.630. The molecule has 0 saturated heterocycles. The number of pyridine rings is 1. The molecule has 0 amide bonds. The third-order valence-corrected chi connectivity index (χ3v) is 3.92. The van der Waals surface area contributed by atoms with E-state index in [1.165, 1.54) is 11.8 Å². The molecule has 2 aromatic heterocycles. The first-order chi connectivity index (χ1) is 9.15. The molecule has 2 aromatic rings. The van der Waals surface area contributed by atoms with Crippen molar-refractivity contribution in [3.05, 3.63) is 34.4 Å². The van der Waals surface area contributed by atoms with Crippen molar-refractivity contribution < 1.29 is 5.11 Å². The van der Waals surface area contributed by atoms with Crippen molar-refractivity contribution in [2.75, 3.05) is 0 Å². The molecule has 1 atom stereocenters. The van der Waals surface area contributed by atoms with Crippen LogP contribution in [0.4, 0.5) is 0 Å². The molecule has 2 heterocycles. The van der Waals surface area contributed by atoms with Crippen molar-refractivity contribution in [3.8, 4) is 0 Å². The Morgan fingerprint density at radius 3 is 3.05 bits per heavy atom. The van der Waals surface area contributed by atoms with E-state index >= 15 is 0 Å². The minimum atomic E-state index is -0.535. The number of hydrogen-bond donors (Lipinski definition) is 2. The Morgan fingerprint density at radius 1 is 1.58 bits per heavy atom. The molecule has 1 saturated carbocycles. The number of H-pyrrole nitrogens is 1. The van der Waals surface area contributed by atoms with Crippen LogP contribution in [0.1, 0.15) is 37.5 Å². The second kappa shape index (κ2) is 4.82. The Morgan fingerprint density at radius 2 is 2.37 bits per heavy atom. The average molecular weight is 278 g/mol. The fourth-order valence-corrected chi connectivity index (χ4v) is 2.77. The Labute approximate surface area is 113 Å². The molecule has 1 aliphatic carbocycles. The number of aliphatic hydroxyl groups is 1. The molecule has 3 rings (SSSR count). The highest BCUT2D eigenvalue weighted by Crippen LogP contribution is 2.37. The lowest BCUT2D eigenvalue weighted by Gasteiger charge is -2.06. The van der Waals surface area contributed by atoms with Crippen LogP contribution in [-0.2, 0) is 0 Å². The number of rotatable bonds is 4. The Hall–Kier alpha value is -1.60. The van der Waals surface area contributed by atoms with E-state index in [2.05, 4.69) is 15.2 Å². The maximum absolute atomic E-state index is 11.7. The van der Waals surface area contributed by atoms with E-state index in [1.807, 2.05) is 6.07 Å². The topological polar surface area (TPSA) is 83.8 Å². The van der Waals surface area contributed by atoms with Crippen LogP contribution in [0, 0.1) is 0 Å². The number of aromatic nitrogens is 4. The summed E-state index contributed by atoms with van der Waals surface area (Å²) in [6, 6.07) is 3.85. The van der Waals surface area contributed by atoms with Crippen LogP contribution in [0.2, 0.25) is 0 Å². The Balaban J connectivity index is 1.89. The predicted molar refractivity (Wildman–Crippen MR) is 70.1 cm³/mol. The molecule has 0 aromatic carbocycles. The Kier molecular flexibility index (Phi) is 3.16. The SMILES string of the molecule is C[C@H](O)c1ccnc(Sc2n[nH]c(=O)n2C2CC2)c1. The first kappa shape index (κ1) is 12.4. The summed E-state index contributed by atoms with van der Waals surface area (Å²) >= 11 is 1.33.